The zero-order valence-electron chi connectivity index (χ0n) is 20.2. The summed E-state index contributed by atoms with van der Waals surface area (Å²) in [5.74, 6) is 0.436. The first-order valence-electron chi connectivity index (χ1n) is 11.4. The molecule has 0 bridgehead atoms. The number of hydrogen-bond donors (Lipinski definition) is 4. The van der Waals surface area contributed by atoms with E-state index >= 15 is 0 Å². The van der Waals surface area contributed by atoms with Crippen LogP contribution in [-0.2, 0) is 10.9 Å². The van der Waals surface area contributed by atoms with Gasteiger partial charge in [-0.2, -0.15) is 23.4 Å². The van der Waals surface area contributed by atoms with Gasteiger partial charge in [0.25, 0.3) is 0 Å². The summed E-state index contributed by atoms with van der Waals surface area (Å²) < 4.78 is 53.3. The largest absolute Gasteiger partial charge is 0.496 e. The number of aliphatic hydroxyl groups excluding tert-OH is 3. The standard InChI is InChI=1S/C24H25ClF3N5O5/c1-12-30-23(33(32-12)16-9-14(25)7-8-15(16)24(26,27)28)22-21(36)19(20(35)18(11-34)38-22)31-29-10-13-5-3-4-6-17(13)37-2/h3-10,18-22,31,34-36H,11H2,1-2H3/t18-,19+,20+,21-,22-/m1/s1. The molecule has 2 aromatic carbocycles. The van der Waals surface area contributed by atoms with Gasteiger partial charge in [-0.15, -0.1) is 0 Å². The van der Waals surface area contributed by atoms with Gasteiger partial charge < -0.3 is 30.2 Å². The van der Waals surface area contributed by atoms with Gasteiger partial charge in [-0.3, -0.25) is 0 Å². The number of aliphatic hydroxyl groups is 3. The van der Waals surface area contributed by atoms with Crippen molar-refractivity contribution >= 4 is 17.8 Å². The predicted octanol–water partition coefficient (Wildman–Crippen LogP) is 2.40. The molecule has 0 saturated carbocycles. The second-order valence-electron chi connectivity index (χ2n) is 8.50. The van der Waals surface area contributed by atoms with Crippen LogP contribution in [0.1, 0.15) is 28.9 Å². The van der Waals surface area contributed by atoms with E-state index in [0.29, 0.717) is 11.3 Å². The van der Waals surface area contributed by atoms with Crippen LogP contribution in [0.25, 0.3) is 5.69 Å². The van der Waals surface area contributed by atoms with Crippen LogP contribution in [0, 0.1) is 6.92 Å². The molecule has 1 fully saturated rings. The maximum Gasteiger partial charge on any atom is 0.418 e. The molecule has 2 heterocycles. The quantitative estimate of drug-likeness (QED) is 0.258. The summed E-state index contributed by atoms with van der Waals surface area (Å²) >= 11 is 6.00. The molecular formula is C24H25ClF3N5O5. The SMILES string of the molecule is COc1ccccc1C=NN[C@H]1[C@@H](O)[C@@H](CO)O[C@@H](c2nc(C)nn2-c2cc(Cl)ccc2C(F)(F)F)[C@@H]1O. The number of ether oxygens (including phenoxy) is 2. The average molecular weight is 556 g/mol. The zero-order chi connectivity index (χ0) is 27.6. The third-order valence-corrected chi connectivity index (χ3v) is 6.22. The van der Waals surface area contributed by atoms with Gasteiger partial charge in [0, 0.05) is 10.6 Å². The molecule has 4 rings (SSSR count). The van der Waals surface area contributed by atoms with E-state index in [1.54, 1.807) is 24.3 Å². The molecule has 1 aromatic heterocycles. The van der Waals surface area contributed by atoms with Gasteiger partial charge in [0.2, 0.25) is 0 Å². The second-order valence-corrected chi connectivity index (χ2v) is 8.94. The minimum Gasteiger partial charge on any atom is -0.496 e. The van der Waals surface area contributed by atoms with Gasteiger partial charge in [0.05, 0.1) is 31.2 Å². The van der Waals surface area contributed by atoms with Gasteiger partial charge >= 0.3 is 6.18 Å². The van der Waals surface area contributed by atoms with Crippen molar-refractivity contribution in [2.75, 3.05) is 13.7 Å². The third-order valence-electron chi connectivity index (χ3n) is 5.98. The van der Waals surface area contributed by atoms with E-state index in [9.17, 15) is 28.5 Å². The molecule has 5 atom stereocenters. The highest BCUT2D eigenvalue weighted by molar-refractivity contribution is 6.30. The van der Waals surface area contributed by atoms with E-state index in [4.69, 9.17) is 21.1 Å². The molecule has 0 amide bonds. The Balaban J connectivity index is 1.71. The summed E-state index contributed by atoms with van der Waals surface area (Å²) in [6.45, 7) is 0.801. The Bertz CT molecular complexity index is 1300. The highest BCUT2D eigenvalue weighted by Crippen LogP contribution is 2.38. The zero-order valence-corrected chi connectivity index (χ0v) is 20.9. The fraction of sp³-hybridized carbons (Fsp3) is 0.375. The van der Waals surface area contributed by atoms with Crippen LogP contribution >= 0.6 is 11.6 Å². The number of benzene rings is 2. The Morgan fingerprint density at radius 2 is 1.95 bits per heavy atom. The van der Waals surface area contributed by atoms with Crippen LogP contribution in [0.15, 0.2) is 47.6 Å². The fourth-order valence-corrected chi connectivity index (χ4v) is 4.33. The number of nitrogens with one attached hydrogen (secondary N) is 1. The number of aromatic nitrogens is 3. The van der Waals surface area contributed by atoms with Crippen molar-refractivity contribution in [2.24, 2.45) is 5.10 Å². The minimum atomic E-state index is -4.75. The van der Waals surface area contributed by atoms with E-state index in [0.717, 1.165) is 22.9 Å². The van der Waals surface area contributed by atoms with Gasteiger partial charge in [-0.05, 0) is 37.3 Å². The predicted molar refractivity (Wildman–Crippen MR) is 130 cm³/mol. The fourth-order valence-electron chi connectivity index (χ4n) is 4.17. The number of para-hydroxylation sites is 1. The van der Waals surface area contributed by atoms with Crippen molar-refractivity contribution in [2.45, 2.75) is 43.6 Å². The molecule has 14 heteroatoms. The second kappa shape index (κ2) is 11.3. The van der Waals surface area contributed by atoms with E-state index in [2.05, 4.69) is 20.6 Å². The number of methoxy groups -OCH3 is 1. The summed E-state index contributed by atoms with van der Waals surface area (Å²) in [6.07, 6.45) is -8.98. The van der Waals surface area contributed by atoms with Crippen molar-refractivity contribution in [3.8, 4) is 11.4 Å². The summed E-state index contributed by atoms with van der Waals surface area (Å²) in [7, 11) is 1.49. The number of aryl methyl sites for hydroxylation is 1. The van der Waals surface area contributed by atoms with Crippen LogP contribution < -0.4 is 10.2 Å². The average Bonchev–Trinajstić information content (AvgIpc) is 3.26. The number of nitrogens with zero attached hydrogens (tertiary/aromatic N) is 4. The van der Waals surface area contributed by atoms with Crippen LogP contribution in [0.5, 0.6) is 5.75 Å². The van der Waals surface area contributed by atoms with Gasteiger partial charge in [0.1, 0.15) is 42.0 Å². The lowest BCUT2D eigenvalue weighted by atomic mass is 9.92. The van der Waals surface area contributed by atoms with E-state index in [1.807, 2.05) is 0 Å². The third kappa shape index (κ3) is 5.61. The number of hydrogen-bond acceptors (Lipinski definition) is 9. The smallest absolute Gasteiger partial charge is 0.418 e. The Kier molecular flexibility index (Phi) is 8.23. The van der Waals surface area contributed by atoms with Crippen molar-refractivity contribution in [1.82, 2.24) is 20.2 Å². The lowest BCUT2D eigenvalue weighted by molar-refractivity contribution is -0.199. The van der Waals surface area contributed by atoms with E-state index < -0.39 is 54.5 Å². The van der Waals surface area contributed by atoms with Crippen LogP contribution in [0.3, 0.4) is 0 Å². The Labute approximate surface area is 220 Å². The topological polar surface area (TPSA) is 134 Å². The molecule has 0 spiro atoms. The highest BCUT2D eigenvalue weighted by Gasteiger charge is 2.47. The van der Waals surface area contributed by atoms with Crippen molar-refractivity contribution in [1.29, 1.82) is 0 Å². The Hall–Kier alpha value is -3.23. The Morgan fingerprint density at radius 1 is 1.21 bits per heavy atom. The van der Waals surface area contributed by atoms with Crippen LogP contribution in [0.2, 0.25) is 5.02 Å². The molecule has 4 N–H and O–H groups in total. The van der Waals surface area contributed by atoms with E-state index in [1.165, 1.54) is 20.2 Å². The molecule has 3 aromatic rings. The summed E-state index contributed by atoms with van der Waals surface area (Å²) in [5.41, 5.74) is 1.80. The van der Waals surface area contributed by atoms with Crippen LogP contribution in [0.4, 0.5) is 13.2 Å². The molecule has 0 aliphatic carbocycles. The molecule has 0 unspecified atom stereocenters. The van der Waals surface area contributed by atoms with E-state index in [-0.39, 0.29) is 16.7 Å². The number of halogens is 4. The van der Waals surface area contributed by atoms with Crippen molar-refractivity contribution < 1.29 is 38.0 Å². The molecular weight excluding hydrogens is 531 g/mol. The van der Waals surface area contributed by atoms with Gasteiger partial charge in [-0.1, -0.05) is 23.7 Å². The van der Waals surface area contributed by atoms with Crippen molar-refractivity contribution in [3.63, 3.8) is 0 Å². The highest BCUT2D eigenvalue weighted by atomic mass is 35.5. The molecule has 0 radical (unpaired) electrons. The molecule has 1 aliphatic heterocycles. The lowest BCUT2D eigenvalue weighted by Crippen LogP contribution is -2.60. The summed E-state index contributed by atoms with van der Waals surface area (Å²) in [5, 5.41) is 39.9. The van der Waals surface area contributed by atoms with Crippen molar-refractivity contribution in [3.05, 3.63) is 70.3 Å². The number of rotatable bonds is 7. The maximum absolute atomic E-state index is 13.8. The molecule has 10 nitrogen and oxygen atoms in total. The lowest BCUT2D eigenvalue weighted by Gasteiger charge is -2.41. The van der Waals surface area contributed by atoms with Gasteiger partial charge in [0.15, 0.2) is 5.82 Å². The summed E-state index contributed by atoms with van der Waals surface area (Å²) in [6, 6.07) is 8.77. The van der Waals surface area contributed by atoms with Gasteiger partial charge in [-0.25, -0.2) is 9.67 Å². The molecule has 1 aliphatic rings. The molecule has 204 valence electrons. The first-order chi connectivity index (χ1) is 18.0. The molecule has 38 heavy (non-hydrogen) atoms. The number of hydrazone groups is 1. The maximum atomic E-state index is 13.8. The minimum absolute atomic E-state index is 0.0195. The number of alkyl halides is 3. The first-order valence-corrected chi connectivity index (χ1v) is 11.8. The summed E-state index contributed by atoms with van der Waals surface area (Å²) in [4.78, 5) is 4.20. The first kappa shape index (κ1) is 27.8. The molecule has 1 saturated heterocycles. The monoisotopic (exact) mass is 555 g/mol. The normalized spacial score (nSPS) is 24.1. The van der Waals surface area contributed by atoms with Crippen LogP contribution in [-0.4, -0.2) is 74.4 Å². The Morgan fingerprint density at radius 3 is 2.63 bits per heavy atom.